The molecule has 0 aromatic rings. The van der Waals surface area contributed by atoms with Crippen molar-refractivity contribution in [2.75, 3.05) is 0 Å². The summed E-state index contributed by atoms with van der Waals surface area (Å²) in [6, 6.07) is 0. The summed E-state index contributed by atoms with van der Waals surface area (Å²) in [6.07, 6.45) is -4.67. The summed E-state index contributed by atoms with van der Waals surface area (Å²) >= 11 is 0. The second-order valence-corrected chi connectivity index (χ2v) is 0.500. The Labute approximate surface area is 82.3 Å². The van der Waals surface area contributed by atoms with E-state index >= 15 is 0 Å². The first-order valence-electron chi connectivity index (χ1n) is 1.22. The van der Waals surface area contributed by atoms with Gasteiger partial charge >= 0.3 is 34.1 Å². The fourth-order valence-electron chi connectivity index (χ4n) is 0. The van der Waals surface area contributed by atoms with Gasteiger partial charge in [-0.15, -0.1) is 0 Å². The normalized spacial score (nSPS) is 4.36. The molecule has 68 valence electrons. The van der Waals surface area contributed by atoms with E-state index < -0.39 is 12.3 Å². The van der Waals surface area contributed by atoms with Gasteiger partial charge in [0.05, 0.1) is 0 Å². The van der Waals surface area contributed by atoms with Crippen LogP contribution >= 0.6 is 0 Å². The molecule has 0 saturated heterocycles. The Hall–Kier alpha value is -0.461. The Bertz CT molecular complexity index is 72.4. The van der Waals surface area contributed by atoms with Crippen molar-refractivity contribution in [3.63, 3.8) is 0 Å². The summed E-state index contributed by atoms with van der Waals surface area (Å²) < 4.78 is 0. The summed E-state index contributed by atoms with van der Waals surface area (Å²) in [6.45, 7) is 0. The second-order valence-electron chi connectivity index (χ2n) is 0.500. The van der Waals surface area contributed by atoms with Crippen LogP contribution in [-0.2, 0) is 34.1 Å². The van der Waals surface area contributed by atoms with E-state index in [2.05, 4.69) is 0 Å². The van der Waals surface area contributed by atoms with Gasteiger partial charge in [0.15, 0.2) is 0 Å². The van der Waals surface area contributed by atoms with Gasteiger partial charge in [0.1, 0.15) is 0 Å². The zero-order valence-electron chi connectivity index (χ0n) is 4.66. The monoisotopic (exact) mass is 250 g/mol. The van der Waals surface area contributed by atoms with Crippen LogP contribution in [0.5, 0.6) is 0 Å². The first kappa shape index (κ1) is 31.3. The molecule has 0 radical (unpaired) electrons. The summed E-state index contributed by atoms with van der Waals surface area (Å²) in [7, 11) is 0. The molecule has 0 spiro atoms. The predicted octanol–water partition coefficient (Wildman–Crippen LogP) is -5.72. The first-order chi connectivity index (χ1) is 3.46. The Kier molecular flexibility index (Phi) is 64.4. The van der Waals surface area contributed by atoms with Crippen LogP contribution in [0.25, 0.3) is 0 Å². The second kappa shape index (κ2) is 22.7. The van der Waals surface area contributed by atoms with Crippen molar-refractivity contribution in [2.24, 2.45) is 0 Å². The Balaban J connectivity index is -0.0000000171. The van der Waals surface area contributed by atoms with Gasteiger partial charge < -0.3 is 35.5 Å². The molecule has 0 bridgehead atoms. The van der Waals surface area contributed by atoms with E-state index in [1.807, 2.05) is 0 Å². The van der Waals surface area contributed by atoms with Gasteiger partial charge in [-0.1, -0.05) is 0 Å². The fourth-order valence-corrected chi connectivity index (χ4v) is 0. The molecule has 0 rings (SSSR count). The van der Waals surface area contributed by atoms with Crippen LogP contribution in [0.2, 0.25) is 0 Å². The molecular formula is C2H2Fe2O7. The van der Waals surface area contributed by atoms with Crippen LogP contribution in [0.1, 0.15) is 0 Å². The molecule has 0 aromatic carbocycles. The third-order valence-electron chi connectivity index (χ3n) is 0. The van der Waals surface area contributed by atoms with E-state index in [0.717, 1.165) is 0 Å². The van der Waals surface area contributed by atoms with Gasteiger partial charge in [-0.25, -0.2) is 0 Å². The molecule has 7 nitrogen and oxygen atoms in total. The molecule has 9 heteroatoms. The molecule has 2 N–H and O–H groups in total. The van der Waals surface area contributed by atoms with Crippen molar-refractivity contribution in [3.05, 3.63) is 0 Å². The van der Waals surface area contributed by atoms with Crippen LogP contribution in [0.15, 0.2) is 0 Å². The smallest absolute Gasteiger partial charge is 0.652 e. The minimum atomic E-state index is -2.33. The van der Waals surface area contributed by atoms with Crippen LogP contribution in [0.3, 0.4) is 0 Å². The predicted molar refractivity (Wildman–Crippen MR) is 14.4 cm³/mol. The van der Waals surface area contributed by atoms with Crippen molar-refractivity contribution >= 4 is 12.3 Å². The maximum atomic E-state index is 8.33. The molecule has 0 fully saturated rings. The maximum absolute atomic E-state index is 8.33. The molecule has 0 aromatic heterocycles. The molecule has 11 heavy (non-hydrogen) atoms. The molecule has 0 atom stereocenters. The average Bonchev–Trinajstić information content (AvgIpc) is 1.25. The zero-order valence-corrected chi connectivity index (χ0v) is 6.86. The topological polar surface area (TPSA) is 158 Å². The van der Waals surface area contributed by atoms with Crippen LogP contribution in [0, 0.1) is 0 Å². The quantitative estimate of drug-likeness (QED) is 0.389. The van der Waals surface area contributed by atoms with Gasteiger partial charge in [0.2, 0.25) is 0 Å². The number of hydrogen-bond donors (Lipinski definition) is 0. The van der Waals surface area contributed by atoms with Crippen molar-refractivity contribution in [1.29, 1.82) is 0 Å². The number of carboxylic acid groups (broad SMARTS) is 4. The van der Waals surface area contributed by atoms with Crippen molar-refractivity contribution in [3.8, 4) is 0 Å². The van der Waals surface area contributed by atoms with E-state index in [0.29, 0.717) is 0 Å². The summed E-state index contributed by atoms with van der Waals surface area (Å²) in [5, 5.41) is 33.3. The summed E-state index contributed by atoms with van der Waals surface area (Å²) in [5.74, 6) is 0. The summed E-state index contributed by atoms with van der Waals surface area (Å²) in [4.78, 5) is 16.7. The third kappa shape index (κ3) is 2550. The fraction of sp³-hybridized carbons (Fsp3) is 0. The molecular weight excluding hydrogens is 248 g/mol. The average molecular weight is 250 g/mol. The van der Waals surface area contributed by atoms with Gasteiger partial charge in [-0.2, -0.15) is 0 Å². The minimum absolute atomic E-state index is 0. The number of carbonyl (C=O) groups is 2. The Morgan fingerprint density at radius 3 is 0.727 bits per heavy atom. The largest absolute Gasteiger partial charge is 2.00 e. The number of hydrogen-bond acceptors (Lipinski definition) is 6. The minimum Gasteiger partial charge on any atom is -0.652 e. The number of rotatable bonds is 0. The van der Waals surface area contributed by atoms with E-state index in [4.69, 9.17) is 30.0 Å². The van der Waals surface area contributed by atoms with Crippen LogP contribution in [-0.4, -0.2) is 17.8 Å². The molecule has 0 aliphatic rings. The van der Waals surface area contributed by atoms with Gasteiger partial charge in [0, 0.05) is 0 Å². The van der Waals surface area contributed by atoms with E-state index in [-0.39, 0.29) is 39.6 Å². The van der Waals surface area contributed by atoms with Crippen LogP contribution < -0.4 is 20.4 Å². The summed E-state index contributed by atoms with van der Waals surface area (Å²) in [5.41, 5.74) is 0. The SMILES string of the molecule is O.O=C([O-])[O-].O=C([O-])[O-].[Fe+2].[Fe+2]. The Morgan fingerprint density at radius 2 is 0.727 bits per heavy atom. The molecule has 0 aliphatic heterocycles. The maximum Gasteiger partial charge on any atom is 2.00 e. The standard InChI is InChI=1S/2CH2O3.2Fe.H2O/c2*2-1(3)4;;;/h2*(H2,2,3,4);;;1H2/q;;2*+2;/p-4. The first-order valence-corrected chi connectivity index (χ1v) is 1.22. The van der Waals surface area contributed by atoms with Gasteiger partial charge in [0.25, 0.3) is 0 Å². The van der Waals surface area contributed by atoms with Crippen molar-refractivity contribution in [2.45, 2.75) is 0 Å². The zero-order chi connectivity index (χ0) is 7.15. The molecule has 0 saturated carbocycles. The van der Waals surface area contributed by atoms with Crippen LogP contribution in [0.4, 0.5) is 9.59 Å². The van der Waals surface area contributed by atoms with Crippen molar-refractivity contribution < 1.29 is 69.6 Å². The van der Waals surface area contributed by atoms with E-state index in [1.54, 1.807) is 0 Å². The third-order valence-corrected chi connectivity index (χ3v) is 0. The molecule has 0 unspecified atom stereocenters. The van der Waals surface area contributed by atoms with Gasteiger partial charge in [-0.05, 0) is 12.3 Å². The number of carbonyl (C=O) groups excluding carboxylic acids is 2. The van der Waals surface area contributed by atoms with E-state index in [9.17, 15) is 0 Å². The van der Waals surface area contributed by atoms with E-state index in [1.165, 1.54) is 0 Å². The Morgan fingerprint density at radius 1 is 0.727 bits per heavy atom. The molecule has 0 aliphatic carbocycles. The molecule has 0 amide bonds. The van der Waals surface area contributed by atoms with Gasteiger partial charge in [-0.3, -0.25) is 0 Å². The van der Waals surface area contributed by atoms with Crippen molar-refractivity contribution in [1.82, 2.24) is 0 Å². The molecule has 0 heterocycles.